The Kier molecular flexibility index (Phi) is 6.07. The molecule has 0 bridgehead atoms. The van der Waals surface area contributed by atoms with Crippen molar-refractivity contribution in [1.29, 1.82) is 0 Å². The summed E-state index contributed by atoms with van der Waals surface area (Å²) in [5.74, 6) is -0.771. The molecular formula is C20H24F3N3O2. The number of hydrogen-bond donors (Lipinski definition) is 1. The van der Waals surface area contributed by atoms with Crippen LogP contribution in [0.2, 0.25) is 0 Å². The molecule has 1 N–H and O–H groups in total. The average molecular weight is 395 g/mol. The number of amides is 1. The number of carbonyl (C=O) groups is 1. The number of para-hydroxylation sites is 1. The highest BCUT2D eigenvalue weighted by atomic mass is 19.4. The van der Waals surface area contributed by atoms with E-state index in [0.29, 0.717) is 17.7 Å². The molecule has 0 saturated carbocycles. The van der Waals surface area contributed by atoms with Crippen LogP contribution < -0.4 is 5.32 Å². The maximum atomic E-state index is 13.8. The van der Waals surface area contributed by atoms with Crippen LogP contribution in [0.3, 0.4) is 0 Å². The van der Waals surface area contributed by atoms with Crippen molar-refractivity contribution in [1.82, 2.24) is 15.1 Å². The highest BCUT2D eigenvalue weighted by Crippen LogP contribution is 2.34. The van der Waals surface area contributed by atoms with E-state index < -0.39 is 23.3 Å². The Hall–Kier alpha value is -2.35. The molecule has 1 fully saturated rings. The van der Waals surface area contributed by atoms with Gasteiger partial charge in [-0.25, -0.2) is 4.68 Å². The van der Waals surface area contributed by atoms with Crippen molar-refractivity contribution in [3.05, 3.63) is 47.3 Å². The molecule has 1 saturated heterocycles. The second kappa shape index (κ2) is 8.34. The summed E-state index contributed by atoms with van der Waals surface area (Å²) in [6.07, 6.45) is -0.127. The van der Waals surface area contributed by atoms with Gasteiger partial charge in [0.2, 0.25) is 0 Å². The number of benzene rings is 1. The van der Waals surface area contributed by atoms with Gasteiger partial charge < -0.3 is 10.1 Å². The summed E-state index contributed by atoms with van der Waals surface area (Å²) in [7, 11) is 0. The van der Waals surface area contributed by atoms with Gasteiger partial charge >= 0.3 is 6.18 Å². The summed E-state index contributed by atoms with van der Waals surface area (Å²) < 4.78 is 47.6. The van der Waals surface area contributed by atoms with Gasteiger partial charge in [0.15, 0.2) is 5.69 Å². The van der Waals surface area contributed by atoms with Crippen LogP contribution in [0.5, 0.6) is 0 Å². The van der Waals surface area contributed by atoms with E-state index in [2.05, 4.69) is 10.4 Å². The van der Waals surface area contributed by atoms with E-state index >= 15 is 0 Å². The van der Waals surface area contributed by atoms with Crippen molar-refractivity contribution in [2.24, 2.45) is 0 Å². The van der Waals surface area contributed by atoms with Crippen molar-refractivity contribution < 1.29 is 22.7 Å². The Bertz CT molecular complexity index is 826. The van der Waals surface area contributed by atoms with E-state index in [0.717, 1.165) is 36.7 Å². The summed E-state index contributed by atoms with van der Waals surface area (Å²) in [5, 5.41) is 6.53. The van der Waals surface area contributed by atoms with Crippen LogP contribution in [-0.2, 0) is 10.9 Å². The fourth-order valence-corrected chi connectivity index (χ4v) is 3.45. The number of hydrogen-bond acceptors (Lipinski definition) is 3. The van der Waals surface area contributed by atoms with Crippen LogP contribution in [0.4, 0.5) is 13.2 Å². The maximum Gasteiger partial charge on any atom is 0.434 e. The molecular weight excluding hydrogens is 371 g/mol. The molecule has 1 aliphatic heterocycles. The third kappa shape index (κ3) is 4.55. The lowest BCUT2D eigenvalue weighted by molar-refractivity contribution is -0.143. The minimum absolute atomic E-state index is 0.175. The number of rotatable bonds is 6. The summed E-state index contributed by atoms with van der Waals surface area (Å²) >= 11 is 0. The fraction of sp³-hybridized carbons (Fsp3) is 0.500. The maximum absolute atomic E-state index is 13.8. The topological polar surface area (TPSA) is 56.2 Å². The Balaban J connectivity index is 1.79. The van der Waals surface area contributed by atoms with E-state index in [1.54, 1.807) is 38.1 Å². The first kappa shape index (κ1) is 20.4. The van der Waals surface area contributed by atoms with Gasteiger partial charge in [0.05, 0.1) is 23.6 Å². The van der Waals surface area contributed by atoms with Gasteiger partial charge in [0, 0.05) is 12.6 Å². The van der Waals surface area contributed by atoms with Crippen molar-refractivity contribution in [3.8, 4) is 5.69 Å². The zero-order valence-electron chi connectivity index (χ0n) is 15.9. The molecule has 3 rings (SSSR count). The van der Waals surface area contributed by atoms with Crippen LogP contribution in [0.25, 0.3) is 5.69 Å². The number of aromatic nitrogens is 2. The standard InChI is InChI=1S/C20H24F3N3O2/c1-13-6-3-4-8-17(13)26-18(20(21,22)23)16(12-24-26)19(27)25-14(2)9-10-15-7-5-11-28-15/h3-4,6,8,12,14-15H,5,7,9-11H2,1-2H3,(H,25,27). The molecule has 1 aliphatic rings. The highest BCUT2D eigenvalue weighted by Gasteiger charge is 2.41. The third-order valence-corrected chi connectivity index (χ3v) is 4.95. The molecule has 2 aromatic rings. The minimum atomic E-state index is -4.72. The van der Waals surface area contributed by atoms with Crippen LogP contribution in [0.1, 0.15) is 54.2 Å². The van der Waals surface area contributed by atoms with E-state index in [9.17, 15) is 18.0 Å². The molecule has 28 heavy (non-hydrogen) atoms. The summed E-state index contributed by atoms with van der Waals surface area (Å²) in [4.78, 5) is 12.6. The lowest BCUT2D eigenvalue weighted by atomic mass is 10.1. The van der Waals surface area contributed by atoms with E-state index in [-0.39, 0.29) is 12.1 Å². The zero-order chi connectivity index (χ0) is 20.3. The van der Waals surface area contributed by atoms with Crippen molar-refractivity contribution in [2.45, 2.75) is 57.9 Å². The Morgan fingerprint density at radius 1 is 1.39 bits per heavy atom. The monoisotopic (exact) mass is 395 g/mol. The van der Waals surface area contributed by atoms with Gasteiger partial charge in [0.1, 0.15) is 0 Å². The fourth-order valence-electron chi connectivity index (χ4n) is 3.45. The first-order chi connectivity index (χ1) is 13.3. The van der Waals surface area contributed by atoms with Gasteiger partial charge in [-0.15, -0.1) is 0 Å². The van der Waals surface area contributed by atoms with Crippen LogP contribution >= 0.6 is 0 Å². The van der Waals surface area contributed by atoms with E-state index in [1.165, 1.54) is 0 Å². The second-order valence-corrected chi connectivity index (χ2v) is 7.19. The molecule has 0 spiro atoms. The van der Waals surface area contributed by atoms with Crippen LogP contribution in [-0.4, -0.2) is 34.4 Å². The average Bonchev–Trinajstić information content (AvgIpc) is 3.29. The summed E-state index contributed by atoms with van der Waals surface area (Å²) in [6, 6.07) is 6.35. The smallest absolute Gasteiger partial charge is 0.378 e. The van der Waals surface area contributed by atoms with Crippen LogP contribution in [0.15, 0.2) is 30.5 Å². The Morgan fingerprint density at radius 3 is 2.79 bits per heavy atom. The zero-order valence-corrected chi connectivity index (χ0v) is 15.9. The Morgan fingerprint density at radius 2 is 2.14 bits per heavy atom. The van der Waals surface area contributed by atoms with Gasteiger partial charge in [-0.1, -0.05) is 18.2 Å². The van der Waals surface area contributed by atoms with Gasteiger partial charge in [-0.2, -0.15) is 18.3 Å². The molecule has 5 nitrogen and oxygen atoms in total. The summed E-state index contributed by atoms with van der Waals surface area (Å²) in [5.41, 5.74) is -0.612. The SMILES string of the molecule is Cc1ccccc1-n1ncc(C(=O)NC(C)CCC2CCCO2)c1C(F)(F)F. The second-order valence-electron chi connectivity index (χ2n) is 7.19. The first-order valence-corrected chi connectivity index (χ1v) is 9.41. The molecule has 1 aromatic carbocycles. The van der Waals surface area contributed by atoms with Crippen LogP contribution in [0, 0.1) is 6.92 Å². The molecule has 1 aromatic heterocycles. The molecule has 2 unspecified atom stereocenters. The molecule has 0 aliphatic carbocycles. The van der Waals surface area contributed by atoms with E-state index in [4.69, 9.17) is 4.74 Å². The third-order valence-electron chi connectivity index (χ3n) is 4.95. The lowest BCUT2D eigenvalue weighted by Gasteiger charge is -2.17. The predicted octanol–water partition coefficient (Wildman–Crippen LogP) is 4.28. The molecule has 2 heterocycles. The molecule has 8 heteroatoms. The quantitative estimate of drug-likeness (QED) is 0.794. The number of ether oxygens (including phenoxy) is 1. The largest absolute Gasteiger partial charge is 0.434 e. The van der Waals surface area contributed by atoms with Crippen molar-refractivity contribution >= 4 is 5.91 Å². The normalized spacial score (nSPS) is 18.2. The van der Waals surface area contributed by atoms with Crippen molar-refractivity contribution in [2.75, 3.05) is 6.61 Å². The first-order valence-electron chi connectivity index (χ1n) is 9.41. The minimum Gasteiger partial charge on any atom is -0.378 e. The summed E-state index contributed by atoms with van der Waals surface area (Å²) in [6.45, 7) is 4.23. The number of aryl methyl sites for hydroxylation is 1. The number of alkyl halides is 3. The van der Waals surface area contributed by atoms with Gasteiger partial charge in [-0.05, 0) is 51.2 Å². The molecule has 152 valence electrons. The van der Waals surface area contributed by atoms with E-state index in [1.807, 2.05) is 0 Å². The van der Waals surface area contributed by atoms with Gasteiger partial charge in [-0.3, -0.25) is 4.79 Å². The highest BCUT2D eigenvalue weighted by molar-refractivity contribution is 5.95. The predicted molar refractivity (Wildman–Crippen MR) is 98.4 cm³/mol. The number of carbonyl (C=O) groups excluding carboxylic acids is 1. The number of nitrogens with one attached hydrogen (secondary N) is 1. The number of nitrogens with zero attached hydrogens (tertiary/aromatic N) is 2. The molecule has 1 amide bonds. The van der Waals surface area contributed by atoms with Crippen molar-refractivity contribution in [3.63, 3.8) is 0 Å². The number of halogens is 3. The lowest BCUT2D eigenvalue weighted by Crippen LogP contribution is -2.34. The Labute approximate surface area is 161 Å². The molecule has 2 atom stereocenters. The van der Waals surface area contributed by atoms with Gasteiger partial charge in [0.25, 0.3) is 5.91 Å². The molecule has 0 radical (unpaired) electrons.